The summed E-state index contributed by atoms with van der Waals surface area (Å²) in [6, 6.07) is 1.74. The Hall–Kier alpha value is -1.40. The normalized spacial score (nSPS) is 19.3. The van der Waals surface area contributed by atoms with Gasteiger partial charge in [-0.15, -0.1) is 0 Å². The fourth-order valence-electron chi connectivity index (χ4n) is 2.63. The van der Waals surface area contributed by atoms with Crippen molar-refractivity contribution in [2.45, 2.75) is 25.3 Å². The van der Waals surface area contributed by atoms with Crippen molar-refractivity contribution >= 4 is 29.0 Å². The summed E-state index contributed by atoms with van der Waals surface area (Å²) in [7, 11) is 1.89. The van der Waals surface area contributed by atoms with Gasteiger partial charge in [0.05, 0.1) is 12.2 Å². The molecule has 1 fully saturated rings. The van der Waals surface area contributed by atoms with E-state index in [4.69, 9.17) is 11.6 Å². The predicted molar refractivity (Wildman–Crippen MR) is 78.0 cm³/mol. The van der Waals surface area contributed by atoms with Crippen LogP contribution in [0.15, 0.2) is 18.5 Å². The Kier molecular flexibility index (Phi) is 3.76. The number of carbonyl (C=O) groups excluding carboxylic acids is 1. The van der Waals surface area contributed by atoms with E-state index in [9.17, 15) is 4.79 Å². The fraction of sp³-hybridized carbons (Fsp3) is 0.462. The lowest BCUT2D eigenvalue weighted by molar-refractivity contribution is 0.0616. The second-order valence-corrected chi connectivity index (χ2v) is 6.16. The molecule has 20 heavy (non-hydrogen) atoms. The average molecular weight is 311 g/mol. The van der Waals surface area contributed by atoms with E-state index in [1.165, 1.54) is 0 Å². The largest absolute Gasteiger partial charge is 0.331 e. The number of carbonyl (C=O) groups is 1. The van der Waals surface area contributed by atoms with Gasteiger partial charge in [-0.25, -0.2) is 0 Å². The third-order valence-electron chi connectivity index (χ3n) is 3.57. The number of aromatic nitrogens is 3. The zero-order valence-corrected chi connectivity index (χ0v) is 12.7. The summed E-state index contributed by atoms with van der Waals surface area (Å²) in [5.41, 5.74) is 1.09. The fourth-order valence-corrected chi connectivity index (χ4v) is 3.50. The van der Waals surface area contributed by atoms with Gasteiger partial charge >= 0.3 is 0 Å². The maximum atomic E-state index is 12.6. The molecule has 1 saturated heterocycles. The van der Waals surface area contributed by atoms with Crippen LogP contribution >= 0.6 is 23.1 Å². The first-order valence-electron chi connectivity index (χ1n) is 6.57. The van der Waals surface area contributed by atoms with Crippen molar-refractivity contribution in [3.05, 3.63) is 34.1 Å². The van der Waals surface area contributed by atoms with Gasteiger partial charge < -0.3 is 4.90 Å². The smallest absolute Gasteiger partial charge is 0.266 e. The highest BCUT2D eigenvalue weighted by atomic mass is 35.5. The lowest BCUT2D eigenvalue weighted by Crippen LogP contribution is -2.38. The molecule has 0 spiro atoms. The van der Waals surface area contributed by atoms with E-state index in [0.29, 0.717) is 10.0 Å². The highest BCUT2D eigenvalue weighted by molar-refractivity contribution is 7.08. The summed E-state index contributed by atoms with van der Waals surface area (Å²) in [6.07, 6.45) is 6.97. The van der Waals surface area contributed by atoms with E-state index in [-0.39, 0.29) is 11.9 Å². The van der Waals surface area contributed by atoms with Crippen LogP contribution in [-0.4, -0.2) is 31.5 Å². The molecule has 0 aliphatic carbocycles. The summed E-state index contributed by atoms with van der Waals surface area (Å²) < 4.78 is 5.75. The van der Waals surface area contributed by atoms with Crippen molar-refractivity contribution in [2.75, 3.05) is 6.54 Å². The summed E-state index contributed by atoms with van der Waals surface area (Å²) in [5.74, 6) is 0.0166. The van der Waals surface area contributed by atoms with Crippen molar-refractivity contribution < 1.29 is 4.79 Å². The number of halogens is 1. The van der Waals surface area contributed by atoms with Gasteiger partial charge in [0.15, 0.2) is 0 Å². The first kappa shape index (κ1) is 13.6. The molecular formula is C13H15ClN4OS. The molecule has 1 unspecified atom stereocenters. The first-order chi connectivity index (χ1) is 9.65. The molecule has 3 rings (SSSR count). The minimum atomic E-state index is 0.0166. The lowest BCUT2D eigenvalue weighted by Gasteiger charge is -2.34. The number of hydrogen-bond donors (Lipinski definition) is 0. The molecule has 3 heterocycles. The number of likely N-dealkylation sites (tertiary alicyclic amines) is 1. The maximum Gasteiger partial charge on any atom is 0.266 e. The average Bonchev–Trinajstić information content (AvgIpc) is 3.07. The highest BCUT2D eigenvalue weighted by Gasteiger charge is 2.30. The van der Waals surface area contributed by atoms with Crippen LogP contribution in [0.2, 0.25) is 5.15 Å². The van der Waals surface area contributed by atoms with Crippen LogP contribution in [0.5, 0.6) is 0 Å². The lowest BCUT2D eigenvalue weighted by atomic mass is 9.97. The molecule has 5 nitrogen and oxygen atoms in total. The molecule has 0 radical (unpaired) electrons. The van der Waals surface area contributed by atoms with Gasteiger partial charge in [-0.2, -0.15) is 9.47 Å². The Balaban J connectivity index is 1.87. The Morgan fingerprint density at radius 3 is 3.00 bits per heavy atom. The van der Waals surface area contributed by atoms with Crippen molar-refractivity contribution in [3.8, 4) is 0 Å². The summed E-state index contributed by atoms with van der Waals surface area (Å²) in [5, 5.41) is 4.59. The number of rotatable bonds is 2. The van der Waals surface area contributed by atoms with Crippen molar-refractivity contribution in [1.82, 2.24) is 19.1 Å². The van der Waals surface area contributed by atoms with Gasteiger partial charge in [-0.05, 0) is 30.8 Å². The maximum absolute atomic E-state index is 12.6. The molecule has 1 atom stereocenters. The van der Waals surface area contributed by atoms with Crippen molar-refractivity contribution in [1.29, 1.82) is 0 Å². The van der Waals surface area contributed by atoms with Crippen LogP contribution in [0.4, 0.5) is 0 Å². The van der Waals surface area contributed by atoms with Crippen LogP contribution in [0, 0.1) is 0 Å². The molecule has 2 aromatic heterocycles. The van der Waals surface area contributed by atoms with Crippen molar-refractivity contribution in [2.24, 2.45) is 7.05 Å². The molecule has 1 aliphatic rings. The van der Waals surface area contributed by atoms with Gasteiger partial charge in [0, 0.05) is 31.4 Å². The molecule has 0 bridgehead atoms. The molecule has 0 saturated carbocycles. The Morgan fingerprint density at radius 2 is 2.35 bits per heavy atom. The Labute approximate surface area is 126 Å². The summed E-state index contributed by atoms with van der Waals surface area (Å²) >= 11 is 6.98. The molecule has 2 aromatic rings. The van der Waals surface area contributed by atoms with E-state index >= 15 is 0 Å². The minimum absolute atomic E-state index is 0.0166. The van der Waals surface area contributed by atoms with E-state index in [1.807, 2.05) is 24.3 Å². The van der Waals surface area contributed by atoms with Crippen molar-refractivity contribution in [3.63, 3.8) is 0 Å². The van der Waals surface area contributed by atoms with Crippen LogP contribution in [0.1, 0.15) is 40.5 Å². The van der Waals surface area contributed by atoms with Gasteiger partial charge in [-0.3, -0.25) is 9.48 Å². The molecule has 1 aliphatic heterocycles. The van der Waals surface area contributed by atoms with Gasteiger partial charge in [0.2, 0.25) is 0 Å². The van der Waals surface area contributed by atoms with E-state index in [2.05, 4.69) is 9.47 Å². The predicted octanol–water partition coefficient (Wildman–Crippen LogP) is 2.90. The number of aryl methyl sites for hydroxylation is 1. The van der Waals surface area contributed by atoms with E-state index < -0.39 is 0 Å². The van der Waals surface area contributed by atoms with E-state index in [0.717, 1.165) is 42.9 Å². The third-order valence-corrected chi connectivity index (χ3v) is 4.64. The van der Waals surface area contributed by atoms with Gasteiger partial charge in [0.1, 0.15) is 10.0 Å². The molecule has 106 valence electrons. The molecule has 0 aromatic carbocycles. The van der Waals surface area contributed by atoms with Crippen LogP contribution in [0.25, 0.3) is 0 Å². The molecule has 1 amide bonds. The Bertz CT molecular complexity index is 623. The number of nitrogens with zero attached hydrogens (tertiary/aromatic N) is 4. The number of hydrogen-bond acceptors (Lipinski definition) is 4. The summed E-state index contributed by atoms with van der Waals surface area (Å²) in [6.45, 7) is 0.772. The molecule has 0 N–H and O–H groups in total. The quantitative estimate of drug-likeness (QED) is 0.857. The van der Waals surface area contributed by atoms with Gasteiger partial charge in [-0.1, -0.05) is 11.6 Å². The number of piperidine rings is 1. The second kappa shape index (κ2) is 5.54. The number of amides is 1. The Morgan fingerprint density at radius 1 is 1.50 bits per heavy atom. The monoisotopic (exact) mass is 310 g/mol. The molecular weight excluding hydrogens is 296 g/mol. The zero-order valence-electron chi connectivity index (χ0n) is 11.1. The minimum Gasteiger partial charge on any atom is -0.331 e. The standard InChI is InChI=1S/C13H15ClN4OS/c1-17-8-9(7-15-17)10-4-2-3-5-18(10)13(19)11-6-12(14)16-20-11/h6-8,10H,2-5H2,1H3. The SMILES string of the molecule is Cn1cc(C2CCCCN2C(=O)c2cc(Cl)ns2)cn1. The van der Waals surface area contributed by atoms with Crippen LogP contribution < -0.4 is 0 Å². The van der Waals surface area contributed by atoms with Gasteiger partial charge in [0.25, 0.3) is 5.91 Å². The second-order valence-electron chi connectivity index (χ2n) is 4.97. The topological polar surface area (TPSA) is 51.0 Å². The first-order valence-corrected chi connectivity index (χ1v) is 7.72. The summed E-state index contributed by atoms with van der Waals surface area (Å²) in [4.78, 5) is 15.1. The highest BCUT2D eigenvalue weighted by Crippen LogP contribution is 2.32. The zero-order chi connectivity index (χ0) is 14.1. The van der Waals surface area contributed by atoms with Crippen LogP contribution in [0.3, 0.4) is 0 Å². The van der Waals surface area contributed by atoms with Crippen LogP contribution in [-0.2, 0) is 7.05 Å². The van der Waals surface area contributed by atoms with E-state index in [1.54, 1.807) is 10.7 Å². The third kappa shape index (κ3) is 2.58. The molecule has 7 heteroatoms.